The summed E-state index contributed by atoms with van der Waals surface area (Å²) in [6.07, 6.45) is 9.22. The van der Waals surface area contributed by atoms with Crippen molar-refractivity contribution in [2.45, 2.75) is 32.2 Å². The highest BCUT2D eigenvalue weighted by atomic mass is 19.1. The first-order valence-electron chi connectivity index (χ1n) is 12.3. The van der Waals surface area contributed by atoms with Gasteiger partial charge in [0.1, 0.15) is 11.5 Å². The minimum Gasteiger partial charge on any atom is -0.367 e. The summed E-state index contributed by atoms with van der Waals surface area (Å²) in [5, 5.41) is 1.05. The molecule has 174 valence electrons. The number of pyridine rings is 2. The van der Waals surface area contributed by atoms with Crippen LogP contribution in [0.15, 0.2) is 36.8 Å². The van der Waals surface area contributed by atoms with E-state index < -0.39 is 0 Å². The summed E-state index contributed by atoms with van der Waals surface area (Å²) in [6.45, 7) is 9.91. The van der Waals surface area contributed by atoms with Crippen molar-refractivity contribution in [3.05, 3.63) is 42.6 Å². The number of rotatable bonds is 4. The van der Waals surface area contributed by atoms with Crippen molar-refractivity contribution in [3.63, 3.8) is 0 Å². The van der Waals surface area contributed by atoms with E-state index in [1.807, 2.05) is 30.1 Å². The van der Waals surface area contributed by atoms with Crippen molar-refractivity contribution in [1.82, 2.24) is 24.3 Å². The van der Waals surface area contributed by atoms with Crippen molar-refractivity contribution < 1.29 is 4.39 Å². The molecular weight excluding hydrogens is 415 g/mol. The zero-order valence-electron chi connectivity index (χ0n) is 19.7. The second kappa shape index (κ2) is 8.06. The Morgan fingerprint density at radius 3 is 2.73 bits per heavy atom. The maximum Gasteiger partial charge on any atom is 0.143 e. The highest BCUT2D eigenvalue weighted by molar-refractivity contribution is 5.95. The number of piperazine rings is 1. The molecule has 33 heavy (non-hydrogen) atoms. The van der Waals surface area contributed by atoms with Gasteiger partial charge >= 0.3 is 0 Å². The van der Waals surface area contributed by atoms with Gasteiger partial charge < -0.3 is 14.4 Å². The number of fused-ring (bicyclic) bond motifs is 1. The molecule has 0 radical (unpaired) electrons. The predicted octanol–water partition coefficient (Wildman–Crippen LogP) is 3.77. The Labute approximate surface area is 195 Å². The Kier molecular flexibility index (Phi) is 5.14. The summed E-state index contributed by atoms with van der Waals surface area (Å²) in [6, 6.07) is 6.44. The highest BCUT2D eigenvalue weighted by Gasteiger charge is 2.48. The fourth-order valence-corrected chi connectivity index (χ4v) is 6.48. The Hall–Kier alpha value is -2.51. The third-order valence-electron chi connectivity index (χ3n) is 8.27. The Morgan fingerprint density at radius 1 is 1.12 bits per heavy atom. The number of nitrogens with zero attached hydrogens (tertiary/aromatic N) is 6. The van der Waals surface area contributed by atoms with Crippen LogP contribution in [0.3, 0.4) is 0 Å². The predicted molar refractivity (Wildman–Crippen MR) is 130 cm³/mol. The van der Waals surface area contributed by atoms with Gasteiger partial charge in [0, 0.05) is 81.8 Å². The van der Waals surface area contributed by atoms with Crippen LogP contribution in [0.4, 0.5) is 10.1 Å². The van der Waals surface area contributed by atoms with Crippen LogP contribution in [0, 0.1) is 11.2 Å². The molecule has 0 bridgehead atoms. The molecule has 1 spiro atoms. The average Bonchev–Trinajstić information content (AvgIpc) is 3.43. The van der Waals surface area contributed by atoms with Gasteiger partial charge in [-0.25, -0.2) is 9.37 Å². The first-order chi connectivity index (χ1) is 16.0. The lowest BCUT2D eigenvalue weighted by molar-refractivity contribution is 0.00367. The molecule has 1 aliphatic carbocycles. The van der Waals surface area contributed by atoms with Crippen LogP contribution in [-0.2, 0) is 7.05 Å². The van der Waals surface area contributed by atoms with E-state index in [4.69, 9.17) is 0 Å². The zero-order valence-corrected chi connectivity index (χ0v) is 19.7. The number of hydrogen-bond donors (Lipinski definition) is 0. The lowest BCUT2D eigenvalue weighted by atomic mass is 9.78. The van der Waals surface area contributed by atoms with E-state index in [1.54, 1.807) is 6.07 Å². The summed E-state index contributed by atoms with van der Waals surface area (Å²) in [5.41, 5.74) is 4.26. The van der Waals surface area contributed by atoms with E-state index in [0.29, 0.717) is 11.5 Å². The van der Waals surface area contributed by atoms with Crippen molar-refractivity contribution in [2.24, 2.45) is 12.5 Å². The van der Waals surface area contributed by atoms with Crippen molar-refractivity contribution in [2.75, 3.05) is 50.7 Å². The number of halogens is 1. The normalized spacial score (nSPS) is 23.5. The number of aryl methyl sites for hydroxylation is 1. The topological polar surface area (TPSA) is 40.4 Å². The molecule has 3 aromatic heterocycles. The molecule has 3 aromatic rings. The van der Waals surface area contributed by atoms with Crippen LogP contribution < -0.4 is 4.90 Å². The summed E-state index contributed by atoms with van der Waals surface area (Å²) in [5.74, 6) is -0.280. The number of hydrogen-bond acceptors (Lipinski definition) is 5. The zero-order chi connectivity index (χ0) is 22.6. The SMILES string of the molecule is CCN1CC2(CCC(N3CCN(c4cc(F)cnc4-c4ccnc5c4ccn5C)CC3)C2)C1. The van der Waals surface area contributed by atoms with Crippen LogP contribution in [0.1, 0.15) is 26.2 Å². The minimum absolute atomic E-state index is 0.280. The first kappa shape index (κ1) is 21.1. The van der Waals surface area contributed by atoms with E-state index in [2.05, 4.69) is 37.7 Å². The quantitative estimate of drug-likeness (QED) is 0.608. The monoisotopic (exact) mass is 448 g/mol. The van der Waals surface area contributed by atoms with Crippen LogP contribution in [-0.4, -0.2) is 76.2 Å². The van der Waals surface area contributed by atoms with Gasteiger partial charge in [-0.05, 0) is 43.4 Å². The molecule has 6 nitrogen and oxygen atoms in total. The van der Waals surface area contributed by atoms with Crippen LogP contribution >= 0.6 is 0 Å². The van der Waals surface area contributed by atoms with E-state index in [9.17, 15) is 4.39 Å². The molecule has 0 amide bonds. The smallest absolute Gasteiger partial charge is 0.143 e. The number of anilines is 1. The molecule has 2 saturated heterocycles. The number of aromatic nitrogens is 3. The molecular formula is C26H33FN6. The molecule has 5 heterocycles. The summed E-state index contributed by atoms with van der Waals surface area (Å²) in [7, 11) is 1.99. The molecule has 7 heteroatoms. The Balaban J connectivity index is 1.20. The standard InChI is InChI=1S/C26H33FN6/c1-3-31-17-26(18-31)7-4-20(15-26)32-10-12-33(13-11-32)23-14-19(27)16-29-24(23)21-5-8-28-25-22(21)6-9-30(25)2/h5-6,8-9,14,16,20H,3-4,7,10-13,15,17-18H2,1-2H3. The lowest BCUT2D eigenvalue weighted by Crippen LogP contribution is -2.56. The first-order valence-corrected chi connectivity index (χ1v) is 12.3. The summed E-state index contributed by atoms with van der Waals surface area (Å²) < 4.78 is 16.3. The van der Waals surface area contributed by atoms with Gasteiger partial charge in [0.2, 0.25) is 0 Å². The van der Waals surface area contributed by atoms with Crippen LogP contribution in [0.2, 0.25) is 0 Å². The molecule has 3 fully saturated rings. The van der Waals surface area contributed by atoms with E-state index in [0.717, 1.165) is 54.2 Å². The summed E-state index contributed by atoms with van der Waals surface area (Å²) >= 11 is 0. The Bertz CT molecular complexity index is 1160. The fraction of sp³-hybridized carbons (Fsp3) is 0.538. The second-order valence-corrected chi connectivity index (χ2v) is 10.3. The van der Waals surface area contributed by atoms with Crippen LogP contribution in [0.25, 0.3) is 22.3 Å². The molecule has 0 aromatic carbocycles. The fourth-order valence-electron chi connectivity index (χ4n) is 6.48. The maximum absolute atomic E-state index is 14.3. The van der Waals surface area contributed by atoms with Gasteiger partial charge in [-0.15, -0.1) is 0 Å². The van der Waals surface area contributed by atoms with E-state index in [-0.39, 0.29) is 5.82 Å². The van der Waals surface area contributed by atoms with Gasteiger partial charge in [0.25, 0.3) is 0 Å². The van der Waals surface area contributed by atoms with Gasteiger partial charge in [0.15, 0.2) is 0 Å². The highest BCUT2D eigenvalue weighted by Crippen LogP contribution is 2.47. The van der Waals surface area contributed by atoms with Gasteiger partial charge in [-0.3, -0.25) is 9.88 Å². The summed E-state index contributed by atoms with van der Waals surface area (Å²) in [4.78, 5) is 16.7. The van der Waals surface area contributed by atoms with Gasteiger partial charge in [0.05, 0.1) is 17.6 Å². The molecule has 0 N–H and O–H groups in total. The maximum atomic E-state index is 14.3. The van der Waals surface area contributed by atoms with Crippen molar-refractivity contribution in [1.29, 1.82) is 0 Å². The largest absolute Gasteiger partial charge is 0.367 e. The minimum atomic E-state index is -0.280. The number of likely N-dealkylation sites (tertiary alicyclic amines) is 1. The molecule has 1 unspecified atom stereocenters. The van der Waals surface area contributed by atoms with Gasteiger partial charge in [-0.2, -0.15) is 0 Å². The van der Waals surface area contributed by atoms with Crippen molar-refractivity contribution in [3.8, 4) is 11.3 Å². The second-order valence-electron chi connectivity index (χ2n) is 10.3. The lowest BCUT2D eigenvalue weighted by Gasteiger charge is -2.49. The molecule has 1 saturated carbocycles. The van der Waals surface area contributed by atoms with E-state index in [1.165, 1.54) is 45.1 Å². The molecule has 6 rings (SSSR count). The molecule has 1 atom stereocenters. The Morgan fingerprint density at radius 2 is 1.94 bits per heavy atom. The third-order valence-corrected chi connectivity index (χ3v) is 8.27. The van der Waals surface area contributed by atoms with Crippen LogP contribution in [0.5, 0.6) is 0 Å². The van der Waals surface area contributed by atoms with Gasteiger partial charge in [-0.1, -0.05) is 6.92 Å². The average molecular weight is 449 g/mol. The van der Waals surface area contributed by atoms with E-state index >= 15 is 0 Å². The third kappa shape index (κ3) is 3.62. The van der Waals surface area contributed by atoms with Crippen molar-refractivity contribution >= 4 is 16.7 Å². The molecule has 2 aliphatic heterocycles. The molecule has 3 aliphatic rings.